The number of rotatable bonds is 7. The van der Waals surface area contributed by atoms with Gasteiger partial charge in [0.25, 0.3) is 11.7 Å². The third-order valence-electron chi connectivity index (χ3n) is 3.40. The number of halogens is 2. The lowest BCUT2D eigenvalue weighted by Gasteiger charge is -2.15. The van der Waals surface area contributed by atoms with Crippen molar-refractivity contribution in [3.05, 3.63) is 54.1 Å². The summed E-state index contributed by atoms with van der Waals surface area (Å²) in [7, 11) is 0. The molecule has 2 aromatic rings. The van der Waals surface area contributed by atoms with Gasteiger partial charge < -0.3 is 15.8 Å². The molecule has 0 fully saturated rings. The summed E-state index contributed by atoms with van der Waals surface area (Å²) in [4.78, 5) is 35.1. The van der Waals surface area contributed by atoms with Crippen LogP contribution in [0.25, 0.3) is 0 Å². The molecule has 7 nitrogen and oxygen atoms in total. The summed E-state index contributed by atoms with van der Waals surface area (Å²) < 4.78 is 29.8. The van der Waals surface area contributed by atoms with Crippen molar-refractivity contribution in [2.45, 2.75) is 23.7 Å². The van der Waals surface area contributed by atoms with Crippen molar-refractivity contribution in [2.75, 3.05) is 5.32 Å². The van der Waals surface area contributed by atoms with Crippen molar-refractivity contribution in [2.24, 2.45) is 5.73 Å². The summed E-state index contributed by atoms with van der Waals surface area (Å²) in [5.74, 6) is -4.15. The number of benzene rings is 2. The van der Waals surface area contributed by atoms with Crippen LogP contribution >= 0.6 is 11.8 Å². The van der Waals surface area contributed by atoms with Gasteiger partial charge in [-0.05, 0) is 43.3 Å². The highest BCUT2D eigenvalue weighted by Gasteiger charge is 2.21. The molecule has 0 spiro atoms. The number of primary amides is 1. The maximum Gasteiger partial charge on any atom is 0.341 e. The Hall–Kier alpha value is -3.14. The topological polar surface area (TPSA) is 111 Å². The molecule has 0 saturated heterocycles. The second-order valence-corrected chi connectivity index (χ2v) is 6.54. The fourth-order valence-electron chi connectivity index (χ4n) is 2.15. The fraction of sp³-hybridized carbons (Fsp3) is 0.167. The number of amides is 3. The van der Waals surface area contributed by atoms with Gasteiger partial charge in [-0.25, -0.2) is 9.59 Å². The monoisotopic (exact) mass is 409 g/mol. The van der Waals surface area contributed by atoms with Crippen LogP contribution in [0.2, 0.25) is 0 Å². The number of nitrogens with two attached hydrogens (primary N) is 1. The molecule has 0 bridgehead atoms. The molecule has 0 aliphatic rings. The van der Waals surface area contributed by atoms with Gasteiger partial charge in [0.15, 0.2) is 6.10 Å². The molecular formula is C18H17F2N3O4S. The molecule has 148 valence electrons. The van der Waals surface area contributed by atoms with Gasteiger partial charge in [-0.2, -0.15) is 8.78 Å². The molecule has 0 aliphatic heterocycles. The SMILES string of the molecule is C[C@@H](OC(=O)c1ccccc1Nc1ccc(SC(F)F)cc1)C(=O)NC(N)=O. The summed E-state index contributed by atoms with van der Waals surface area (Å²) >= 11 is 0.429. The van der Waals surface area contributed by atoms with E-state index in [1.165, 1.54) is 25.1 Å². The van der Waals surface area contributed by atoms with E-state index in [9.17, 15) is 23.2 Å². The number of para-hydroxylation sites is 1. The minimum Gasteiger partial charge on any atom is -0.449 e. The summed E-state index contributed by atoms with van der Waals surface area (Å²) in [6.07, 6.45) is -1.24. The highest BCUT2D eigenvalue weighted by Crippen LogP contribution is 2.28. The second kappa shape index (κ2) is 9.70. The molecule has 0 unspecified atom stereocenters. The number of carbonyl (C=O) groups excluding carboxylic acids is 3. The van der Waals surface area contributed by atoms with Gasteiger partial charge >= 0.3 is 12.0 Å². The quantitative estimate of drug-likeness (QED) is 0.477. The van der Waals surface area contributed by atoms with E-state index in [2.05, 4.69) is 5.32 Å². The number of hydrogen-bond donors (Lipinski definition) is 3. The number of hydrogen-bond acceptors (Lipinski definition) is 6. The fourth-order valence-corrected chi connectivity index (χ4v) is 2.64. The number of carbonyl (C=O) groups is 3. The number of urea groups is 1. The molecule has 1 atom stereocenters. The van der Waals surface area contributed by atoms with Gasteiger partial charge in [0.05, 0.1) is 11.3 Å². The van der Waals surface area contributed by atoms with Gasteiger partial charge in [0.1, 0.15) is 0 Å². The van der Waals surface area contributed by atoms with Crippen molar-refractivity contribution in [3.8, 4) is 0 Å². The summed E-state index contributed by atoms with van der Waals surface area (Å²) in [6, 6.07) is 11.6. The standard InChI is InChI=1S/C18H17F2N3O4S/c1-10(15(24)23-18(21)26)27-16(25)13-4-2-3-5-14(13)22-11-6-8-12(9-7-11)28-17(19)20/h2-10,17,22H,1H3,(H3,21,23,24,26)/t10-/m1/s1. The largest absolute Gasteiger partial charge is 0.449 e. The van der Waals surface area contributed by atoms with Crippen LogP contribution in [0.3, 0.4) is 0 Å². The molecule has 0 aliphatic carbocycles. The summed E-state index contributed by atoms with van der Waals surface area (Å²) in [5.41, 5.74) is 5.96. The van der Waals surface area contributed by atoms with Gasteiger partial charge in [0, 0.05) is 10.6 Å². The number of alkyl halides is 2. The van der Waals surface area contributed by atoms with Gasteiger partial charge in [0.2, 0.25) is 0 Å². The molecular weight excluding hydrogens is 392 g/mol. The van der Waals surface area contributed by atoms with E-state index in [4.69, 9.17) is 10.5 Å². The lowest BCUT2D eigenvalue weighted by atomic mass is 10.1. The van der Waals surface area contributed by atoms with Crippen molar-refractivity contribution in [1.82, 2.24) is 5.32 Å². The van der Waals surface area contributed by atoms with Gasteiger partial charge in [-0.15, -0.1) is 0 Å². The molecule has 2 rings (SSSR count). The third-order valence-corrected chi connectivity index (χ3v) is 4.13. The van der Waals surface area contributed by atoms with Crippen molar-refractivity contribution < 1.29 is 27.9 Å². The number of imide groups is 1. The lowest BCUT2D eigenvalue weighted by molar-refractivity contribution is -0.127. The minimum atomic E-state index is -2.51. The molecule has 28 heavy (non-hydrogen) atoms. The zero-order chi connectivity index (χ0) is 20.7. The molecule has 0 heterocycles. The molecule has 10 heteroatoms. The predicted molar refractivity (Wildman–Crippen MR) is 101 cm³/mol. The maximum atomic E-state index is 12.4. The first-order valence-corrected chi connectivity index (χ1v) is 8.86. The molecule has 4 N–H and O–H groups in total. The zero-order valence-corrected chi connectivity index (χ0v) is 15.5. The van der Waals surface area contributed by atoms with Crippen LogP contribution in [0.5, 0.6) is 0 Å². The van der Waals surface area contributed by atoms with Gasteiger partial charge in [-0.1, -0.05) is 23.9 Å². The van der Waals surface area contributed by atoms with Crippen molar-refractivity contribution >= 4 is 41.0 Å². The number of ether oxygens (including phenoxy) is 1. The highest BCUT2D eigenvalue weighted by atomic mass is 32.2. The van der Waals surface area contributed by atoms with Crippen LogP contribution in [-0.4, -0.2) is 29.8 Å². The Balaban J connectivity index is 2.10. The smallest absolute Gasteiger partial charge is 0.341 e. The first-order valence-electron chi connectivity index (χ1n) is 7.98. The van der Waals surface area contributed by atoms with E-state index in [1.54, 1.807) is 30.3 Å². The average Bonchev–Trinajstić information content (AvgIpc) is 2.62. The average molecular weight is 409 g/mol. The first kappa shape index (κ1) is 21.2. The van der Waals surface area contributed by atoms with Crippen molar-refractivity contribution in [3.63, 3.8) is 0 Å². The molecule has 3 amide bonds. The first-order chi connectivity index (χ1) is 13.3. The van der Waals surface area contributed by atoms with E-state index in [-0.39, 0.29) is 5.56 Å². The minimum absolute atomic E-state index is 0.146. The number of esters is 1. The Bertz CT molecular complexity index is 862. The third kappa shape index (κ3) is 6.23. The Labute approximate surface area is 163 Å². The molecule has 2 aromatic carbocycles. The van der Waals surface area contributed by atoms with Crippen LogP contribution in [0.4, 0.5) is 25.0 Å². The molecule has 0 aromatic heterocycles. The lowest BCUT2D eigenvalue weighted by Crippen LogP contribution is -2.42. The normalized spacial score (nSPS) is 11.6. The second-order valence-electron chi connectivity index (χ2n) is 5.47. The number of thioether (sulfide) groups is 1. The van der Waals surface area contributed by atoms with Crippen LogP contribution in [-0.2, 0) is 9.53 Å². The Kier molecular flexibility index (Phi) is 7.33. The molecule has 0 radical (unpaired) electrons. The Morgan fingerprint density at radius 3 is 2.32 bits per heavy atom. The maximum absolute atomic E-state index is 12.4. The van der Waals surface area contributed by atoms with E-state index in [0.717, 1.165) is 0 Å². The van der Waals surface area contributed by atoms with E-state index in [1.807, 2.05) is 5.32 Å². The zero-order valence-electron chi connectivity index (χ0n) is 14.6. The van der Waals surface area contributed by atoms with Crippen LogP contribution in [0.1, 0.15) is 17.3 Å². The number of nitrogens with one attached hydrogen (secondary N) is 2. The van der Waals surface area contributed by atoms with Crippen LogP contribution in [0, 0.1) is 0 Å². The summed E-state index contributed by atoms with van der Waals surface area (Å²) in [6.45, 7) is 1.30. The van der Waals surface area contributed by atoms with E-state index >= 15 is 0 Å². The number of anilines is 2. The van der Waals surface area contributed by atoms with E-state index < -0.39 is 29.8 Å². The Morgan fingerprint density at radius 2 is 1.71 bits per heavy atom. The van der Waals surface area contributed by atoms with Gasteiger partial charge in [-0.3, -0.25) is 10.1 Å². The van der Waals surface area contributed by atoms with Crippen LogP contribution < -0.4 is 16.4 Å². The highest BCUT2D eigenvalue weighted by molar-refractivity contribution is 7.99. The predicted octanol–water partition coefficient (Wildman–Crippen LogP) is 3.49. The van der Waals surface area contributed by atoms with Crippen molar-refractivity contribution in [1.29, 1.82) is 0 Å². The Morgan fingerprint density at radius 1 is 1.07 bits per heavy atom. The molecule has 0 saturated carbocycles. The summed E-state index contributed by atoms with van der Waals surface area (Å²) in [5, 5.41) is 4.82. The van der Waals surface area contributed by atoms with Crippen LogP contribution in [0.15, 0.2) is 53.4 Å². The van der Waals surface area contributed by atoms with E-state index in [0.29, 0.717) is 28.0 Å².